The topological polar surface area (TPSA) is 64.4 Å². The van der Waals surface area contributed by atoms with Gasteiger partial charge in [-0.1, -0.05) is 12.1 Å². The van der Waals surface area contributed by atoms with Crippen LogP contribution in [-0.4, -0.2) is 28.0 Å². The number of rotatable bonds is 4. The van der Waals surface area contributed by atoms with Crippen LogP contribution in [0.4, 0.5) is 0 Å². The van der Waals surface area contributed by atoms with Crippen LogP contribution in [0.15, 0.2) is 60.9 Å². The molecule has 22 heavy (non-hydrogen) atoms. The molecule has 0 unspecified atom stereocenters. The first-order valence-corrected chi connectivity index (χ1v) is 6.70. The Labute approximate surface area is 127 Å². The fourth-order valence-electron chi connectivity index (χ4n) is 2.15. The van der Waals surface area contributed by atoms with E-state index in [1.54, 1.807) is 42.3 Å². The zero-order valence-corrected chi connectivity index (χ0v) is 11.9. The van der Waals surface area contributed by atoms with Crippen LogP contribution >= 0.6 is 0 Å². The smallest absolute Gasteiger partial charge is 0.335 e. The SMILES string of the molecule is COc1ccc(-c2cnn(-c3ccc(C(=O)O)cc3)c2)cc1. The Balaban J connectivity index is 1.87. The molecule has 0 radical (unpaired) electrons. The lowest BCUT2D eigenvalue weighted by atomic mass is 10.1. The van der Waals surface area contributed by atoms with Gasteiger partial charge >= 0.3 is 5.97 Å². The third-order valence-electron chi connectivity index (χ3n) is 3.38. The molecule has 0 saturated carbocycles. The lowest BCUT2D eigenvalue weighted by molar-refractivity contribution is 0.0697. The van der Waals surface area contributed by atoms with Crippen molar-refractivity contribution in [2.75, 3.05) is 7.11 Å². The maximum absolute atomic E-state index is 10.9. The molecule has 3 aromatic rings. The van der Waals surface area contributed by atoms with E-state index in [-0.39, 0.29) is 5.56 Å². The van der Waals surface area contributed by atoms with Crippen molar-refractivity contribution in [2.24, 2.45) is 0 Å². The molecule has 0 aliphatic carbocycles. The van der Waals surface area contributed by atoms with Crippen LogP contribution in [0, 0.1) is 0 Å². The molecule has 5 heteroatoms. The highest BCUT2D eigenvalue weighted by molar-refractivity contribution is 5.87. The fraction of sp³-hybridized carbons (Fsp3) is 0.0588. The van der Waals surface area contributed by atoms with Crippen molar-refractivity contribution in [3.8, 4) is 22.6 Å². The van der Waals surface area contributed by atoms with E-state index >= 15 is 0 Å². The number of carboxylic acids is 1. The Morgan fingerprint density at radius 2 is 1.73 bits per heavy atom. The number of carboxylic acid groups (broad SMARTS) is 1. The van der Waals surface area contributed by atoms with E-state index in [2.05, 4.69) is 5.10 Å². The molecule has 5 nitrogen and oxygen atoms in total. The number of aromatic nitrogens is 2. The van der Waals surface area contributed by atoms with Crippen LogP contribution in [-0.2, 0) is 0 Å². The lowest BCUT2D eigenvalue weighted by Crippen LogP contribution is -1.98. The minimum atomic E-state index is -0.939. The first-order valence-electron chi connectivity index (χ1n) is 6.70. The zero-order chi connectivity index (χ0) is 15.5. The van der Waals surface area contributed by atoms with Crippen LogP contribution in [0.25, 0.3) is 16.8 Å². The van der Waals surface area contributed by atoms with Gasteiger partial charge in [0.25, 0.3) is 0 Å². The van der Waals surface area contributed by atoms with Crippen molar-refractivity contribution in [3.05, 3.63) is 66.5 Å². The molecule has 0 fully saturated rings. The number of aromatic carboxylic acids is 1. The maximum Gasteiger partial charge on any atom is 0.335 e. The van der Waals surface area contributed by atoms with Gasteiger partial charge in [-0.2, -0.15) is 5.10 Å². The summed E-state index contributed by atoms with van der Waals surface area (Å²) in [6.07, 6.45) is 3.67. The van der Waals surface area contributed by atoms with Gasteiger partial charge in [-0.05, 0) is 42.0 Å². The van der Waals surface area contributed by atoms with Gasteiger partial charge in [0.15, 0.2) is 0 Å². The largest absolute Gasteiger partial charge is 0.497 e. The van der Waals surface area contributed by atoms with Crippen molar-refractivity contribution in [1.29, 1.82) is 0 Å². The minimum Gasteiger partial charge on any atom is -0.497 e. The Bertz CT molecular complexity index is 790. The van der Waals surface area contributed by atoms with Gasteiger partial charge in [0.1, 0.15) is 5.75 Å². The minimum absolute atomic E-state index is 0.256. The number of nitrogens with zero attached hydrogens (tertiary/aromatic N) is 2. The zero-order valence-electron chi connectivity index (χ0n) is 11.9. The van der Waals surface area contributed by atoms with E-state index in [9.17, 15) is 4.79 Å². The van der Waals surface area contributed by atoms with Crippen LogP contribution in [0.1, 0.15) is 10.4 Å². The quantitative estimate of drug-likeness (QED) is 0.802. The van der Waals surface area contributed by atoms with Gasteiger partial charge in [0.2, 0.25) is 0 Å². The fourth-order valence-corrected chi connectivity index (χ4v) is 2.15. The monoisotopic (exact) mass is 294 g/mol. The summed E-state index contributed by atoms with van der Waals surface area (Å²) < 4.78 is 6.85. The number of methoxy groups -OCH3 is 1. The molecular formula is C17H14N2O3. The highest BCUT2D eigenvalue weighted by Crippen LogP contribution is 2.23. The average Bonchev–Trinajstić information content (AvgIpc) is 3.05. The Kier molecular flexibility index (Phi) is 3.62. The molecular weight excluding hydrogens is 280 g/mol. The van der Waals surface area contributed by atoms with E-state index in [0.29, 0.717) is 0 Å². The molecule has 2 aromatic carbocycles. The third-order valence-corrected chi connectivity index (χ3v) is 3.38. The van der Waals surface area contributed by atoms with Crippen molar-refractivity contribution in [1.82, 2.24) is 9.78 Å². The van der Waals surface area contributed by atoms with Gasteiger partial charge < -0.3 is 9.84 Å². The normalized spacial score (nSPS) is 10.4. The van der Waals surface area contributed by atoms with Gasteiger partial charge in [-0.15, -0.1) is 0 Å². The van der Waals surface area contributed by atoms with E-state index in [4.69, 9.17) is 9.84 Å². The van der Waals surface area contributed by atoms with E-state index in [1.165, 1.54) is 0 Å². The van der Waals surface area contributed by atoms with Crippen LogP contribution < -0.4 is 4.74 Å². The summed E-state index contributed by atoms with van der Waals surface area (Å²) in [5, 5.41) is 13.2. The molecule has 0 bridgehead atoms. The van der Waals surface area contributed by atoms with Crippen LogP contribution in [0.5, 0.6) is 5.75 Å². The molecule has 110 valence electrons. The lowest BCUT2D eigenvalue weighted by Gasteiger charge is -2.02. The summed E-state index contributed by atoms with van der Waals surface area (Å²) in [6, 6.07) is 14.3. The van der Waals surface area contributed by atoms with Gasteiger partial charge in [-0.25, -0.2) is 9.48 Å². The Morgan fingerprint density at radius 1 is 1.05 bits per heavy atom. The molecule has 1 heterocycles. The second-order valence-electron chi connectivity index (χ2n) is 4.75. The second kappa shape index (κ2) is 5.73. The number of hydrogen-bond acceptors (Lipinski definition) is 3. The van der Waals surface area contributed by atoms with Crippen molar-refractivity contribution in [2.45, 2.75) is 0 Å². The van der Waals surface area contributed by atoms with Crippen molar-refractivity contribution < 1.29 is 14.6 Å². The molecule has 0 spiro atoms. The summed E-state index contributed by atoms with van der Waals surface area (Å²) in [5.74, 6) is -0.133. The van der Waals surface area contributed by atoms with E-state index in [0.717, 1.165) is 22.6 Å². The van der Waals surface area contributed by atoms with Crippen LogP contribution in [0.3, 0.4) is 0 Å². The highest BCUT2D eigenvalue weighted by atomic mass is 16.5. The molecule has 3 rings (SSSR count). The number of ether oxygens (including phenoxy) is 1. The third kappa shape index (κ3) is 2.69. The first-order chi connectivity index (χ1) is 10.7. The van der Waals surface area contributed by atoms with Gasteiger partial charge in [-0.3, -0.25) is 0 Å². The molecule has 0 aliphatic rings. The summed E-state index contributed by atoms with van der Waals surface area (Å²) >= 11 is 0. The standard InChI is InChI=1S/C17H14N2O3/c1-22-16-8-4-12(5-9-16)14-10-18-19(11-14)15-6-2-13(3-7-15)17(20)21/h2-11H,1H3,(H,20,21). The average molecular weight is 294 g/mol. The summed E-state index contributed by atoms with van der Waals surface area (Å²) in [6.45, 7) is 0. The molecule has 1 N–H and O–H groups in total. The van der Waals surface area contributed by atoms with Crippen molar-refractivity contribution >= 4 is 5.97 Å². The second-order valence-corrected chi connectivity index (χ2v) is 4.75. The van der Waals surface area contributed by atoms with Crippen molar-refractivity contribution in [3.63, 3.8) is 0 Å². The van der Waals surface area contributed by atoms with E-state index < -0.39 is 5.97 Å². The molecule has 0 saturated heterocycles. The van der Waals surface area contributed by atoms with Crippen LogP contribution in [0.2, 0.25) is 0 Å². The number of carbonyl (C=O) groups is 1. The molecule has 1 aromatic heterocycles. The highest BCUT2D eigenvalue weighted by Gasteiger charge is 2.06. The van der Waals surface area contributed by atoms with E-state index in [1.807, 2.05) is 30.5 Å². The Hall–Kier alpha value is -3.08. The van der Waals surface area contributed by atoms with Gasteiger partial charge in [0.05, 0.1) is 24.6 Å². The summed E-state index contributed by atoms with van der Waals surface area (Å²) in [5.41, 5.74) is 3.08. The Morgan fingerprint density at radius 3 is 2.32 bits per heavy atom. The summed E-state index contributed by atoms with van der Waals surface area (Å²) in [4.78, 5) is 10.9. The molecule has 0 atom stereocenters. The van der Waals surface area contributed by atoms with Gasteiger partial charge in [0, 0.05) is 11.8 Å². The predicted molar refractivity (Wildman–Crippen MR) is 82.5 cm³/mol. The first kappa shape index (κ1) is 13.9. The molecule has 0 amide bonds. The number of hydrogen-bond donors (Lipinski definition) is 1. The number of benzene rings is 2. The molecule has 0 aliphatic heterocycles. The predicted octanol–water partition coefficient (Wildman–Crippen LogP) is 3.25. The maximum atomic E-state index is 10.9. The summed E-state index contributed by atoms with van der Waals surface area (Å²) in [7, 11) is 1.63.